The smallest absolute Gasteiger partial charge is 0.246 e. The maximum absolute atomic E-state index is 14.4. The first kappa shape index (κ1) is 33.1. The first-order chi connectivity index (χ1) is 22.1. The number of nitrogens with zero attached hydrogens (tertiary/aromatic N) is 2. The van der Waals surface area contributed by atoms with Gasteiger partial charge in [0.1, 0.15) is 30.5 Å². The van der Waals surface area contributed by atoms with Crippen molar-refractivity contribution in [2.24, 2.45) is 5.92 Å². The molecule has 2 N–H and O–H groups in total. The van der Waals surface area contributed by atoms with Crippen LogP contribution in [0.3, 0.4) is 0 Å². The number of halogens is 1. The highest BCUT2D eigenvalue weighted by Gasteiger charge is 2.45. The molecular weight excluding hydrogens is 587 g/mol. The van der Waals surface area contributed by atoms with Crippen LogP contribution >= 0.6 is 0 Å². The summed E-state index contributed by atoms with van der Waals surface area (Å²) >= 11 is 0. The summed E-state index contributed by atoms with van der Waals surface area (Å²) in [5, 5.41) is 7.92. The number of carbonyl (C=O) groups excluding carboxylic acids is 4. The molecule has 3 aromatic carbocycles. The van der Waals surface area contributed by atoms with Crippen molar-refractivity contribution in [2.75, 3.05) is 26.8 Å². The number of carbonyl (C=O) groups is 4. The largest absolute Gasteiger partial charge is 0.375 e. The number of hydrogen-bond donors (Lipinski definition) is 2. The Labute approximate surface area is 269 Å². The molecule has 4 amide bonds. The zero-order chi connectivity index (χ0) is 32.8. The topological polar surface area (TPSA) is 108 Å². The van der Waals surface area contributed by atoms with Gasteiger partial charge in [-0.15, -0.1) is 0 Å². The fraction of sp³-hybridized carbons (Fsp3) is 0.444. The van der Waals surface area contributed by atoms with Crippen LogP contribution in [0.15, 0.2) is 66.7 Å². The second-order valence-corrected chi connectivity index (χ2v) is 12.7. The Balaban J connectivity index is 1.41. The Morgan fingerprint density at radius 2 is 1.61 bits per heavy atom. The van der Waals surface area contributed by atoms with E-state index in [1.807, 2.05) is 50.2 Å². The summed E-state index contributed by atoms with van der Waals surface area (Å²) in [6, 6.07) is 17.2. The highest BCUT2D eigenvalue weighted by atomic mass is 19.1. The third-order valence-electron chi connectivity index (χ3n) is 8.68. The van der Waals surface area contributed by atoms with Crippen molar-refractivity contribution in [1.82, 2.24) is 20.4 Å². The Hall–Kier alpha value is -4.31. The molecule has 0 bridgehead atoms. The Bertz CT molecular complexity index is 1560. The number of fused-ring (bicyclic) bond motifs is 1. The van der Waals surface area contributed by atoms with E-state index in [9.17, 15) is 23.6 Å². The van der Waals surface area contributed by atoms with Gasteiger partial charge in [0.2, 0.25) is 23.6 Å². The van der Waals surface area contributed by atoms with E-state index in [4.69, 9.17) is 4.74 Å². The van der Waals surface area contributed by atoms with Crippen LogP contribution in [-0.2, 0) is 36.8 Å². The summed E-state index contributed by atoms with van der Waals surface area (Å²) in [6.07, 6.45) is 2.90. The van der Waals surface area contributed by atoms with Crippen molar-refractivity contribution in [2.45, 2.75) is 70.1 Å². The van der Waals surface area contributed by atoms with Crippen LogP contribution in [0.5, 0.6) is 0 Å². The van der Waals surface area contributed by atoms with E-state index < -0.39 is 29.8 Å². The van der Waals surface area contributed by atoms with Crippen LogP contribution in [-0.4, -0.2) is 84.4 Å². The van der Waals surface area contributed by atoms with E-state index >= 15 is 0 Å². The van der Waals surface area contributed by atoms with Gasteiger partial charge >= 0.3 is 0 Å². The van der Waals surface area contributed by atoms with Gasteiger partial charge in [-0.3, -0.25) is 19.2 Å². The maximum atomic E-state index is 14.4. The number of methoxy groups -OCH3 is 1. The monoisotopic (exact) mass is 630 g/mol. The van der Waals surface area contributed by atoms with Crippen LogP contribution in [0.2, 0.25) is 0 Å². The molecule has 244 valence electrons. The van der Waals surface area contributed by atoms with Crippen LogP contribution in [0.25, 0.3) is 10.8 Å². The molecule has 1 saturated carbocycles. The first-order valence-corrected chi connectivity index (χ1v) is 16.0. The van der Waals surface area contributed by atoms with Gasteiger partial charge < -0.3 is 25.2 Å². The zero-order valence-electron chi connectivity index (χ0n) is 26.7. The van der Waals surface area contributed by atoms with Crippen molar-refractivity contribution >= 4 is 34.4 Å². The average Bonchev–Trinajstić information content (AvgIpc) is 3.85. The van der Waals surface area contributed by atoms with E-state index in [1.165, 1.54) is 19.2 Å². The normalized spacial score (nSPS) is 18.0. The van der Waals surface area contributed by atoms with E-state index in [0.29, 0.717) is 24.3 Å². The summed E-state index contributed by atoms with van der Waals surface area (Å²) in [5.41, 5.74) is 1.61. The predicted molar refractivity (Wildman–Crippen MR) is 173 cm³/mol. The molecule has 1 heterocycles. The van der Waals surface area contributed by atoms with E-state index in [2.05, 4.69) is 16.7 Å². The third-order valence-corrected chi connectivity index (χ3v) is 8.68. The van der Waals surface area contributed by atoms with Gasteiger partial charge in [-0.1, -0.05) is 67.4 Å². The molecule has 0 spiro atoms. The number of hydrogen-bond acceptors (Lipinski definition) is 5. The molecule has 0 aromatic heterocycles. The minimum Gasteiger partial charge on any atom is -0.375 e. The summed E-state index contributed by atoms with van der Waals surface area (Å²) in [6.45, 7) is 3.93. The molecule has 3 atom stereocenters. The molecular formula is C36H43FN4O5. The van der Waals surface area contributed by atoms with Gasteiger partial charge in [0.15, 0.2) is 0 Å². The molecule has 2 unspecified atom stereocenters. The minimum absolute atomic E-state index is 0.116. The quantitative estimate of drug-likeness (QED) is 0.300. The van der Waals surface area contributed by atoms with Crippen LogP contribution in [0.1, 0.15) is 44.2 Å². The SMILES string of the molecule is COCC(=O)NC(Cc1ccc(F)cc1)C(=O)N1CCN(C(Cc2ccc3ccccc3c2)C(=O)NC(C)C)C(=O)[C@H]1CC1CC1. The molecule has 0 radical (unpaired) electrons. The van der Waals surface area contributed by atoms with Crippen LogP contribution in [0, 0.1) is 11.7 Å². The second-order valence-electron chi connectivity index (χ2n) is 12.7. The van der Waals surface area contributed by atoms with E-state index in [0.717, 1.165) is 29.2 Å². The molecule has 3 aromatic rings. The van der Waals surface area contributed by atoms with Gasteiger partial charge in [-0.25, -0.2) is 4.39 Å². The highest BCUT2D eigenvalue weighted by Crippen LogP contribution is 2.36. The number of piperazine rings is 1. The lowest BCUT2D eigenvalue weighted by molar-refractivity contribution is -0.157. The maximum Gasteiger partial charge on any atom is 0.246 e. The molecule has 1 saturated heterocycles. The highest BCUT2D eigenvalue weighted by molar-refractivity contribution is 5.96. The number of benzene rings is 3. The lowest BCUT2D eigenvalue weighted by Gasteiger charge is -2.44. The van der Waals surface area contributed by atoms with Crippen molar-refractivity contribution in [3.8, 4) is 0 Å². The molecule has 2 aliphatic rings. The van der Waals surface area contributed by atoms with Crippen molar-refractivity contribution in [1.29, 1.82) is 0 Å². The Kier molecular flexibility index (Phi) is 10.7. The Morgan fingerprint density at radius 1 is 0.913 bits per heavy atom. The molecule has 1 aliphatic heterocycles. The molecule has 9 nitrogen and oxygen atoms in total. The molecule has 46 heavy (non-hydrogen) atoms. The summed E-state index contributed by atoms with van der Waals surface area (Å²) in [7, 11) is 1.39. The van der Waals surface area contributed by atoms with Crippen LogP contribution in [0.4, 0.5) is 4.39 Å². The molecule has 1 aliphatic carbocycles. The lowest BCUT2D eigenvalue weighted by atomic mass is 9.96. The lowest BCUT2D eigenvalue weighted by Crippen LogP contribution is -2.66. The first-order valence-electron chi connectivity index (χ1n) is 16.0. The van der Waals surface area contributed by atoms with Gasteiger partial charge in [0.25, 0.3) is 0 Å². The molecule has 2 fully saturated rings. The standard InChI is InChI=1S/C36H43FN4O5/c1-23(2)38-34(43)31(21-26-10-13-27-6-4-5-7-28(27)18-26)40-16-17-41(32(36(40)45)20-25-8-9-25)35(44)30(39-33(42)22-46-3)19-24-11-14-29(37)15-12-24/h4-7,10-15,18,23,25,30-32H,8-9,16-17,19-22H2,1-3H3,(H,38,43)(H,39,42)/t30?,31?,32-/m1/s1. The van der Waals surface area contributed by atoms with Gasteiger partial charge in [-0.2, -0.15) is 0 Å². The van der Waals surface area contributed by atoms with Crippen molar-refractivity contribution in [3.05, 3.63) is 83.7 Å². The summed E-state index contributed by atoms with van der Waals surface area (Å²) in [4.78, 5) is 58.0. The summed E-state index contributed by atoms with van der Waals surface area (Å²) in [5.74, 6) is -1.44. The average molecular weight is 631 g/mol. The van der Waals surface area contributed by atoms with Crippen LogP contribution < -0.4 is 10.6 Å². The third kappa shape index (κ3) is 8.28. The van der Waals surface area contributed by atoms with Gasteiger partial charge in [-0.05, 0) is 60.2 Å². The van der Waals surface area contributed by atoms with E-state index in [1.54, 1.807) is 21.9 Å². The fourth-order valence-electron chi connectivity index (χ4n) is 6.21. The number of rotatable bonds is 13. The van der Waals surface area contributed by atoms with Crippen molar-refractivity contribution < 1.29 is 28.3 Å². The summed E-state index contributed by atoms with van der Waals surface area (Å²) < 4.78 is 18.6. The van der Waals surface area contributed by atoms with Gasteiger partial charge in [0.05, 0.1) is 0 Å². The van der Waals surface area contributed by atoms with Gasteiger partial charge in [0, 0.05) is 39.1 Å². The molecule has 10 heteroatoms. The number of nitrogens with one attached hydrogen (secondary N) is 2. The second kappa shape index (κ2) is 14.9. The fourth-order valence-corrected chi connectivity index (χ4v) is 6.21. The predicted octanol–water partition coefficient (Wildman–Crippen LogP) is 3.63. The number of ether oxygens (including phenoxy) is 1. The van der Waals surface area contributed by atoms with Crippen molar-refractivity contribution in [3.63, 3.8) is 0 Å². The Morgan fingerprint density at radius 3 is 2.28 bits per heavy atom. The zero-order valence-corrected chi connectivity index (χ0v) is 26.7. The van der Waals surface area contributed by atoms with E-state index in [-0.39, 0.29) is 49.9 Å². The molecule has 5 rings (SSSR count). The number of amides is 4. The minimum atomic E-state index is -0.980.